The van der Waals surface area contributed by atoms with E-state index in [0.29, 0.717) is 29.4 Å². The van der Waals surface area contributed by atoms with Crippen molar-refractivity contribution in [3.8, 4) is 23.5 Å². The highest BCUT2D eigenvalue weighted by atomic mass is 32.2. The molecule has 0 spiro atoms. The lowest BCUT2D eigenvalue weighted by molar-refractivity contribution is -0.133. The van der Waals surface area contributed by atoms with E-state index in [9.17, 15) is 26.8 Å². The molecule has 2 aromatic carbocycles. The smallest absolute Gasteiger partial charge is 0.287 e. The number of nitrogens with one attached hydrogen (secondary N) is 2. The van der Waals surface area contributed by atoms with Gasteiger partial charge in [0.25, 0.3) is 5.91 Å². The number of amides is 2. The third-order valence-corrected chi connectivity index (χ3v) is 9.30. The molecule has 2 amide bonds. The maximum absolute atomic E-state index is 14.0. The molecule has 6 rings (SSSR count). The van der Waals surface area contributed by atoms with Gasteiger partial charge in [-0.2, -0.15) is 0 Å². The molecule has 2 heterocycles. The molecule has 0 radical (unpaired) electrons. The molecule has 1 aromatic heterocycles. The number of sulfone groups is 1. The van der Waals surface area contributed by atoms with Crippen LogP contribution in [0.25, 0.3) is 28.2 Å². The van der Waals surface area contributed by atoms with Crippen LogP contribution in [0.5, 0.6) is 0 Å². The molecule has 3 aromatic rings. The van der Waals surface area contributed by atoms with Gasteiger partial charge in [-0.3, -0.25) is 9.59 Å². The predicted octanol–water partition coefficient (Wildman–Crippen LogP) is 4.82. The number of carbonyl (C=O) groups is 2. The number of alkyl halides is 2. The Kier molecular flexibility index (Phi) is 5.53. The Hall–Kier alpha value is -3.97. The zero-order valence-corrected chi connectivity index (χ0v) is 21.5. The third kappa shape index (κ3) is 4.51. The zero-order chi connectivity index (χ0) is 27.6. The number of fused-ring (bicyclic) bond motifs is 2. The minimum Gasteiger partial charge on any atom is -0.451 e. The van der Waals surface area contributed by atoms with Crippen molar-refractivity contribution in [1.29, 1.82) is 0 Å². The first-order chi connectivity index (χ1) is 18.4. The first-order valence-corrected chi connectivity index (χ1v) is 14.1. The second-order valence-corrected chi connectivity index (χ2v) is 12.3. The van der Waals surface area contributed by atoms with E-state index in [1.807, 2.05) is 6.07 Å². The Morgan fingerprint density at radius 3 is 2.31 bits per heavy atom. The van der Waals surface area contributed by atoms with Crippen LogP contribution < -0.4 is 10.6 Å². The van der Waals surface area contributed by atoms with Crippen molar-refractivity contribution in [2.45, 2.75) is 60.4 Å². The molecule has 2 N–H and O–H groups in total. The van der Waals surface area contributed by atoms with Crippen LogP contribution in [0.2, 0.25) is 0 Å². The highest BCUT2D eigenvalue weighted by Gasteiger charge is 2.52. The Morgan fingerprint density at radius 1 is 0.923 bits per heavy atom. The van der Waals surface area contributed by atoms with Gasteiger partial charge >= 0.3 is 0 Å². The molecule has 39 heavy (non-hydrogen) atoms. The minimum absolute atomic E-state index is 0.0623. The standard InChI is InChI=1S/C29H24F2N2O5S/c1-2-27(8-9-27)33-26(35)28(10-12-29(30,31)13-11-28)32-25(34)23-17-20-4-3-19(16-22(20)38-23)18-5-6-24-21(15-18)7-14-39(24,36)37/h1,3-7,14-17H,8-13H2,(H,32,34)(H,33,35). The maximum Gasteiger partial charge on any atom is 0.287 e. The first kappa shape index (κ1) is 25.3. The lowest BCUT2D eigenvalue weighted by atomic mass is 9.78. The van der Waals surface area contributed by atoms with E-state index in [4.69, 9.17) is 10.8 Å². The molecule has 2 saturated carbocycles. The van der Waals surface area contributed by atoms with E-state index >= 15 is 0 Å². The summed E-state index contributed by atoms with van der Waals surface area (Å²) in [5, 5.41) is 7.27. The van der Waals surface area contributed by atoms with Gasteiger partial charge in [0, 0.05) is 23.6 Å². The largest absolute Gasteiger partial charge is 0.451 e. The van der Waals surface area contributed by atoms with E-state index in [1.165, 1.54) is 11.5 Å². The van der Waals surface area contributed by atoms with E-state index in [-0.39, 0.29) is 23.5 Å². The highest BCUT2D eigenvalue weighted by Crippen LogP contribution is 2.41. The number of benzene rings is 2. The average molecular weight is 551 g/mol. The van der Waals surface area contributed by atoms with Gasteiger partial charge in [0.1, 0.15) is 16.7 Å². The molecular formula is C29H24F2N2O5S. The van der Waals surface area contributed by atoms with Crippen LogP contribution in [0.1, 0.15) is 54.6 Å². The maximum atomic E-state index is 14.0. The summed E-state index contributed by atoms with van der Waals surface area (Å²) in [6.07, 6.45) is 6.74. The van der Waals surface area contributed by atoms with Crippen LogP contribution in [0.3, 0.4) is 0 Å². The zero-order valence-electron chi connectivity index (χ0n) is 20.7. The third-order valence-electron chi connectivity index (χ3n) is 7.82. The van der Waals surface area contributed by atoms with Crippen molar-refractivity contribution in [3.05, 3.63) is 59.2 Å². The fourth-order valence-corrected chi connectivity index (χ4v) is 6.36. The van der Waals surface area contributed by atoms with Gasteiger partial charge in [-0.15, -0.1) is 6.42 Å². The number of furan rings is 1. The van der Waals surface area contributed by atoms with E-state index in [1.54, 1.807) is 36.4 Å². The topological polar surface area (TPSA) is 105 Å². The monoisotopic (exact) mass is 550 g/mol. The molecular weight excluding hydrogens is 526 g/mol. The molecule has 1 aliphatic heterocycles. The molecule has 3 aliphatic rings. The summed E-state index contributed by atoms with van der Waals surface area (Å²) < 4.78 is 57.9. The number of hydrogen-bond donors (Lipinski definition) is 2. The minimum atomic E-state index is -3.41. The molecule has 0 unspecified atom stereocenters. The Morgan fingerprint density at radius 2 is 1.62 bits per heavy atom. The van der Waals surface area contributed by atoms with Crippen molar-refractivity contribution in [3.63, 3.8) is 0 Å². The molecule has 2 fully saturated rings. The van der Waals surface area contributed by atoms with Gasteiger partial charge in [-0.25, -0.2) is 17.2 Å². The van der Waals surface area contributed by atoms with Crippen molar-refractivity contribution in [2.24, 2.45) is 0 Å². The van der Waals surface area contributed by atoms with Crippen molar-refractivity contribution >= 4 is 38.7 Å². The number of carbonyl (C=O) groups excluding carboxylic acids is 2. The summed E-state index contributed by atoms with van der Waals surface area (Å²) in [6.45, 7) is 0. The Bertz CT molecular complexity index is 1720. The second-order valence-electron chi connectivity index (χ2n) is 10.5. The summed E-state index contributed by atoms with van der Waals surface area (Å²) in [4.78, 5) is 26.8. The van der Waals surface area contributed by atoms with Gasteiger partial charge in [0.05, 0.1) is 4.90 Å². The number of halogens is 2. The fraction of sp³-hybridized carbons (Fsp3) is 0.310. The quantitative estimate of drug-likeness (QED) is 0.444. The normalized spacial score (nSPS) is 21.1. The van der Waals surface area contributed by atoms with Crippen LogP contribution in [0, 0.1) is 12.3 Å². The van der Waals surface area contributed by atoms with Gasteiger partial charge < -0.3 is 15.1 Å². The van der Waals surface area contributed by atoms with Gasteiger partial charge in [-0.1, -0.05) is 24.1 Å². The summed E-state index contributed by atoms with van der Waals surface area (Å²) in [5.74, 6) is -1.67. The molecule has 10 heteroatoms. The number of rotatable bonds is 5. The SMILES string of the molecule is C#CC1(NC(=O)C2(NC(=O)c3cc4ccc(-c5ccc6c(c5)C=CS6(=O)=O)cc4o3)CCC(F)(F)CC2)CC1. The number of terminal acetylenes is 1. The summed E-state index contributed by atoms with van der Waals surface area (Å²) >= 11 is 0. The van der Waals surface area contributed by atoms with E-state index in [0.717, 1.165) is 11.1 Å². The van der Waals surface area contributed by atoms with Gasteiger partial charge in [0.15, 0.2) is 15.6 Å². The number of hydrogen-bond acceptors (Lipinski definition) is 5. The molecule has 0 bridgehead atoms. The molecule has 2 aliphatic carbocycles. The summed E-state index contributed by atoms with van der Waals surface area (Å²) in [7, 11) is -3.41. The molecule has 0 saturated heterocycles. The van der Waals surface area contributed by atoms with E-state index < -0.39 is 51.5 Å². The van der Waals surface area contributed by atoms with Gasteiger partial charge in [0.2, 0.25) is 11.8 Å². The Labute approximate surface area is 223 Å². The lowest BCUT2D eigenvalue weighted by Crippen LogP contribution is -2.62. The van der Waals surface area contributed by atoms with Crippen LogP contribution in [0.15, 0.2) is 57.2 Å². The van der Waals surface area contributed by atoms with Crippen LogP contribution >= 0.6 is 0 Å². The van der Waals surface area contributed by atoms with Crippen LogP contribution in [-0.4, -0.2) is 37.2 Å². The van der Waals surface area contributed by atoms with Crippen molar-refractivity contribution in [2.75, 3.05) is 0 Å². The van der Waals surface area contributed by atoms with Crippen LogP contribution in [-0.2, 0) is 14.6 Å². The van der Waals surface area contributed by atoms with Gasteiger partial charge in [-0.05, 0) is 72.7 Å². The second kappa shape index (κ2) is 8.52. The molecule has 0 atom stereocenters. The van der Waals surface area contributed by atoms with Crippen LogP contribution in [0.4, 0.5) is 8.78 Å². The fourth-order valence-electron chi connectivity index (χ4n) is 5.17. The molecule has 7 nitrogen and oxygen atoms in total. The summed E-state index contributed by atoms with van der Waals surface area (Å²) in [5.41, 5.74) is 0.181. The van der Waals surface area contributed by atoms with Crippen molar-refractivity contribution in [1.82, 2.24) is 10.6 Å². The highest BCUT2D eigenvalue weighted by molar-refractivity contribution is 7.94. The van der Waals surface area contributed by atoms with E-state index in [2.05, 4.69) is 16.6 Å². The summed E-state index contributed by atoms with van der Waals surface area (Å²) in [6, 6.07) is 11.9. The molecule has 200 valence electrons. The van der Waals surface area contributed by atoms with Crippen molar-refractivity contribution < 1.29 is 31.2 Å². The predicted molar refractivity (Wildman–Crippen MR) is 140 cm³/mol. The Balaban J connectivity index is 1.26. The average Bonchev–Trinajstić information content (AvgIpc) is 3.43. The first-order valence-electron chi connectivity index (χ1n) is 12.6. The lowest BCUT2D eigenvalue weighted by Gasteiger charge is -2.39.